The summed E-state index contributed by atoms with van der Waals surface area (Å²) in [6.07, 6.45) is -2.64. The zero-order chi connectivity index (χ0) is 13.7. The van der Waals surface area contributed by atoms with Crippen LogP contribution in [-0.2, 0) is 4.79 Å². The van der Waals surface area contributed by atoms with Crippen LogP contribution in [-0.4, -0.2) is 18.5 Å². The average molecular weight is 257 g/mol. The molecule has 0 spiro atoms. The van der Waals surface area contributed by atoms with Gasteiger partial charge in [0, 0.05) is 23.5 Å². The maximum absolute atomic E-state index is 12.8. The normalized spacial score (nSPS) is 12.3. The summed E-state index contributed by atoms with van der Waals surface area (Å²) in [5.41, 5.74) is 5.75. The van der Waals surface area contributed by atoms with Crippen LogP contribution in [0.4, 0.5) is 20.2 Å². The first-order valence-corrected chi connectivity index (χ1v) is 5.67. The second kappa shape index (κ2) is 6.18. The fourth-order valence-electron chi connectivity index (χ4n) is 1.52. The molecule has 1 aromatic carbocycles. The summed E-state index contributed by atoms with van der Waals surface area (Å²) in [4.78, 5) is 11.5. The number of hydrogen-bond acceptors (Lipinski definition) is 3. The molecule has 0 bridgehead atoms. The number of nitrogens with one attached hydrogen (secondary N) is 2. The molecular formula is C12H17F2N3O. The second-order valence-corrected chi connectivity index (χ2v) is 3.91. The van der Waals surface area contributed by atoms with E-state index in [9.17, 15) is 13.6 Å². The zero-order valence-electron chi connectivity index (χ0n) is 10.3. The largest absolute Gasteiger partial charge is 0.399 e. The van der Waals surface area contributed by atoms with Crippen molar-refractivity contribution < 1.29 is 13.6 Å². The highest BCUT2D eigenvalue weighted by Crippen LogP contribution is 2.29. The van der Waals surface area contributed by atoms with Gasteiger partial charge in [0.2, 0.25) is 5.91 Å². The first kappa shape index (κ1) is 14.2. The highest BCUT2D eigenvalue weighted by atomic mass is 19.3. The van der Waals surface area contributed by atoms with Gasteiger partial charge < -0.3 is 16.4 Å². The van der Waals surface area contributed by atoms with E-state index in [0.717, 1.165) is 0 Å². The minimum Gasteiger partial charge on any atom is -0.399 e. The van der Waals surface area contributed by atoms with Crippen LogP contribution >= 0.6 is 0 Å². The molecule has 0 saturated carbocycles. The van der Waals surface area contributed by atoms with Crippen LogP contribution in [0.2, 0.25) is 0 Å². The van der Waals surface area contributed by atoms with Gasteiger partial charge in [-0.05, 0) is 32.0 Å². The number of likely N-dealkylation sites (N-methyl/N-ethyl adjacent to an activating group) is 1. The van der Waals surface area contributed by atoms with Gasteiger partial charge in [-0.15, -0.1) is 0 Å². The lowest BCUT2D eigenvalue weighted by molar-refractivity contribution is -0.121. The Labute approximate surface area is 105 Å². The number of anilines is 2. The minimum atomic E-state index is -2.64. The summed E-state index contributed by atoms with van der Waals surface area (Å²) in [6.45, 7) is 3.89. The van der Waals surface area contributed by atoms with Gasteiger partial charge >= 0.3 is 0 Å². The lowest BCUT2D eigenvalue weighted by Crippen LogP contribution is -2.37. The fraction of sp³-hybridized carbons (Fsp3) is 0.417. The predicted octanol–water partition coefficient (Wildman–Crippen LogP) is 2.14. The first-order valence-electron chi connectivity index (χ1n) is 5.67. The molecule has 0 fully saturated rings. The van der Waals surface area contributed by atoms with Gasteiger partial charge in [-0.1, -0.05) is 0 Å². The average Bonchev–Trinajstić information content (AvgIpc) is 2.31. The summed E-state index contributed by atoms with van der Waals surface area (Å²) in [5, 5.41) is 5.37. The molecule has 6 heteroatoms. The molecule has 0 aromatic heterocycles. The Balaban J connectivity index is 2.87. The molecule has 1 unspecified atom stereocenters. The molecule has 1 amide bonds. The van der Waals surface area contributed by atoms with E-state index in [1.807, 2.05) is 0 Å². The molecule has 18 heavy (non-hydrogen) atoms. The van der Waals surface area contributed by atoms with Crippen LogP contribution in [0.1, 0.15) is 25.8 Å². The maximum Gasteiger partial charge on any atom is 0.265 e. The summed E-state index contributed by atoms with van der Waals surface area (Å²) >= 11 is 0. The van der Waals surface area contributed by atoms with E-state index in [1.54, 1.807) is 13.8 Å². The van der Waals surface area contributed by atoms with E-state index in [1.165, 1.54) is 18.2 Å². The number of benzene rings is 1. The van der Waals surface area contributed by atoms with Crippen LogP contribution in [0.5, 0.6) is 0 Å². The van der Waals surface area contributed by atoms with Gasteiger partial charge in [0.15, 0.2) is 0 Å². The summed E-state index contributed by atoms with van der Waals surface area (Å²) in [5.74, 6) is -0.241. The van der Waals surface area contributed by atoms with Crippen molar-refractivity contribution >= 4 is 17.3 Å². The number of amides is 1. The smallest absolute Gasteiger partial charge is 0.265 e. The second-order valence-electron chi connectivity index (χ2n) is 3.91. The Morgan fingerprint density at radius 1 is 1.44 bits per heavy atom. The third kappa shape index (κ3) is 3.58. The predicted molar refractivity (Wildman–Crippen MR) is 67.6 cm³/mol. The molecule has 0 aliphatic rings. The van der Waals surface area contributed by atoms with Crippen LogP contribution in [0.15, 0.2) is 18.2 Å². The van der Waals surface area contributed by atoms with E-state index >= 15 is 0 Å². The summed E-state index contributed by atoms with van der Waals surface area (Å²) < 4.78 is 25.6. The van der Waals surface area contributed by atoms with E-state index in [-0.39, 0.29) is 22.8 Å². The van der Waals surface area contributed by atoms with E-state index < -0.39 is 12.5 Å². The standard InChI is InChI=1S/C12H17F2N3O/c1-3-16-12(18)7(2)17-10-5-4-8(15)6-9(10)11(13)14/h4-7,11,17H,3,15H2,1-2H3,(H,16,18). The van der Waals surface area contributed by atoms with Crippen molar-refractivity contribution in [2.75, 3.05) is 17.6 Å². The van der Waals surface area contributed by atoms with E-state index in [0.29, 0.717) is 6.54 Å². The maximum atomic E-state index is 12.8. The number of nitrogen functional groups attached to an aromatic ring is 1. The van der Waals surface area contributed by atoms with Crippen molar-refractivity contribution in [1.82, 2.24) is 5.32 Å². The number of nitrogens with two attached hydrogens (primary N) is 1. The molecule has 0 radical (unpaired) electrons. The van der Waals surface area contributed by atoms with Gasteiger partial charge in [0.05, 0.1) is 0 Å². The van der Waals surface area contributed by atoms with Crippen LogP contribution in [0.25, 0.3) is 0 Å². The molecule has 100 valence electrons. The third-order valence-electron chi connectivity index (χ3n) is 2.43. The summed E-state index contributed by atoms with van der Waals surface area (Å²) in [7, 11) is 0. The van der Waals surface area contributed by atoms with Crippen molar-refractivity contribution in [3.63, 3.8) is 0 Å². The quantitative estimate of drug-likeness (QED) is 0.708. The number of carbonyl (C=O) groups excluding carboxylic acids is 1. The number of carbonyl (C=O) groups is 1. The molecule has 1 atom stereocenters. The molecule has 0 heterocycles. The molecule has 4 nitrogen and oxygen atoms in total. The Morgan fingerprint density at radius 2 is 2.11 bits per heavy atom. The van der Waals surface area contributed by atoms with E-state index in [4.69, 9.17) is 5.73 Å². The molecule has 0 aliphatic carbocycles. The first-order chi connectivity index (χ1) is 8.45. The number of rotatable bonds is 5. The van der Waals surface area contributed by atoms with Crippen LogP contribution in [0, 0.1) is 0 Å². The highest BCUT2D eigenvalue weighted by Gasteiger charge is 2.17. The monoisotopic (exact) mass is 257 g/mol. The van der Waals surface area contributed by atoms with Gasteiger partial charge in [-0.3, -0.25) is 4.79 Å². The molecule has 0 aliphatic heterocycles. The van der Waals surface area contributed by atoms with Crippen LogP contribution < -0.4 is 16.4 Å². The number of alkyl halides is 2. The SMILES string of the molecule is CCNC(=O)C(C)Nc1ccc(N)cc1C(F)F. The molecule has 0 saturated heterocycles. The lowest BCUT2D eigenvalue weighted by Gasteiger charge is -2.17. The van der Waals surface area contributed by atoms with Gasteiger partial charge in [-0.25, -0.2) is 8.78 Å². The molecular weight excluding hydrogens is 240 g/mol. The van der Waals surface area contributed by atoms with Crippen molar-refractivity contribution in [2.24, 2.45) is 0 Å². The van der Waals surface area contributed by atoms with Crippen molar-refractivity contribution in [3.05, 3.63) is 23.8 Å². The number of halogens is 2. The fourth-order valence-corrected chi connectivity index (χ4v) is 1.52. The Hall–Kier alpha value is -1.85. The highest BCUT2D eigenvalue weighted by molar-refractivity contribution is 5.84. The van der Waals surface area contributed by atoms with E-state index in [2.05, 4.69) is 10.6 Å². The van der Waals surface area contributed by atoms with Crippen LogP contribution in [0.3, 0.4) is 0 Å². The third-order valence-corrected chi connectivity index (χ3v) is 2.43. The van der Waals surface area contributed by atoms with Crippen molar-refractivity contribution in [3.8, 4) is 0 Å². The minimum absolute atomic E-state index is 0.203. The van der Waals surface area contributed by atoms with Gasteiger partial charge in [0.1, 0.15) is 6.04 Å². The molecule has 1 rings (SSSR count). The Morgan fingerprint density at radius 3 is 2.67 bits per heavy atom. The van der Waals surface area contributed by atoms with Gasteiger partial charge in [-0.2, -0.15) is 0 Å². The molecule has 1 aromatic rings. The van der Waals surface area contributed by atoms with Crippen molar-refractivity contribution in [2.45, 2.75) is 26.3 Å². The van der Waals surface area contributed by atoms with Gasteiger partial charge in [0.25, 0.3) is 6.43 Å². The zero-order valence-corrected chi connectivity index (χ0v) is 10.3. The summed E-state index contributed by atoms with van der Waals surface area (Å²) in [6, 6.07) is 3.58. The Bertz CT molecular complexity index is 424. The Kier molecular flexibility index (Phi) is 4.88. The van der Waals surface area contributed by atoms with Crippen molar-refractivity contribution in [1.29, 1.82) is 0 Å². The lowest BCUT2D eigenvalue weighted by atomic mass is 10.1. The number of hydrogen-bond donors (Lipinski definition) is 3. The topological polar surface area (TPSA) is 67.2 Å². The molecule has 4 N–H and O–H groups in total.